The molecule has 2 heterocycles. The lowest BCUT2D eigenvalue weighted by atomic mass is 10.2. The van der Waals surface area contributed by atoms with Gasteiger partial charge in [-0.1, -0.05) is 0 Å². The Morgan fingerprint density at radius 2 is 2.11 bits per heavy atom. The molecule has 0 aliphatic heterocycles. The molecule has 0 atom stereocenters. The molecule has 2 aromatic heterocycles. The van der Waals surface area contributed by atoms with E-state index in [4.69, 9.17) is 17.0 Å². The molecule has 1 aliphatic rings. The minimum absolute atomic E-state index is 0.00405. The van der Waals surface area contributed by atoms with Gasteiger partial charge in [0.25, 0.3) is 0 Å². The van der Waals surface area contributed by atoms with Crippen LogP contribution in [0.4, 0.5) is 13.2 Å². The quantitative estimate of drug-likeness (QED) is 0.864. The molecule has 0 bridgehead atoms. The first kappa shape index (κ1) is 12.4. The Hall–Kier alpha value is -1.64. The smallest absolute Gasteiger partial charge is 0.412 e. The Labute approximate surface area is 110 Å². The van der Waals surface area contributed by atoms with Gasteiger partial charge in [-0.25, -0.2) is 4.98 Å². The fraction of sp³-hybridized carbons (Fsp3) is 0.500. The molecule has 19 heavy (non-hydrogen) atoms. The topological polar surface area (TPSA) is 55.7 Å². The lowest BCUT2D eigenvalue weighted by Gasteiger charge is -2.21. The Morgan fingerprint density at radius 1 is 1.42 bits per heavy atom. The number of aromatic amines is 1. The second kappa shape index (κ2) is 3.69. The zero-order valence-corrected chi connectivity index (χ0v) is 10.6. The number of alkyl halides is 3. The molecule has 102 valence electrons. The first-order chi connectivity index (χ1) is 8.90. The summed E-state index contributed by atoms with van der Waals surface area (Å²) in [6, 6.07) is 0. The Balaban J connectivity index is 2.32. The van der Waals surface area contributed by atoms with E-state index in [0.29, 0.717) is 0 Å². The maximum absolute atomic E-state index is 13.2. The molecule has 0 saturated heterocycles. The predicted octanol–water partition coefficient (Wildman–Crippen LogP) is 2.55. The molecule has 1 saturated carbocycles. The number of methoxy groups -OCH3 is 1. The van der Waals surface area contributed by atoms with Crippen LogP contribution >= 0.6 is 12.2 Å². The van der Waals surface area contributed by atoms with Gasteiger partial charge in [0.1, 0.15) is 17.4 Å². The second-order valence-electron chi connectivity index (χ2n) is 4.38. The Bertz CT molecular complexity index is 701. The van der Waals surface area contributed by atoms with Gasteiger partial charge in [-0.2, -0.15) is 18.2 Å². The number of hydrogen-bond donors (Lipinski definition) is 1. The van der Waals surface area contributed by atoms with Crippen molar-refractivity contribution in [1.29, 1.82) is 0 Å². The first-order valence-corrected chi connectivity index (χ1v) is 5.88. The van der Waals surface area contributed by atoms with Gasteiger partial charge in [0.2, 0.25) is 5.88 Å². The van der Waals surface area contributed by atoms with Crippen molar-refractivity contribution < 1.29 is 17.9 Å². The highest BCUT2D eigenvalue weighted by Crippen LogP contribution is 2.56. The standard InChI is InChI=1S/C10H9F3N4OS/c1-18-7-5-6(14-4-15-7)17(8(19)16-5)9(2-3-9)10(11,12)13/h4H,2-3H2,1H3,(H,16,19). The van der Waals surface area contributed by atoms with Crippen molar-refractivity contribution in [1.82, 2.24) is 19.5 Å². The third kappa shape index (κ3) is 1.57. The number of ether oxygens (including phenoxy) is 1. The number of rotatable bonds is 2. The number of halogens is 3. The molecule has 3 rings (SSSR count). The van der Waals surface area contributed by atoms with E-state index in [1.54, 1.807) is 0 Å². The molecular formula is C10H9F3N4OS. The second-order valence-corrected chi connectivity index (χ2v) is 4.76. The molecule has 5 nitrogen and oxygen atoms in total. The van der Waals surface area contributed by atoms with Crippen LogP contribution < -0.4 is 4.74 Å². The lowest BCUT2D eigenvalue weighted by Crippen LogP contribution is -2.35. The van der Waals surface area contributed by atoms with Crippen LogP contribution in [0.2, 0.25) is 0 Å². The van der Waals surface area contributed by atoms with Crippen LogP contribution in [-0.2, 0) is 5.54 Å². The number of aromatic nitrogens is 4. The summed E-state index contributed by atoms with van der Waals surface area (Å²) >= 11 is 5.00. The van der Waals surface area contributed by atoms with Crippen LogP contribution in [0.15, 0.2) is 6.33 Å². The fourth-order valence-corrected chi connectivity index (χ4v) is 2.57. The molecule has 2 aromatic rings. The average Bonchev–Trinajstić information content (AvgIpc) is 3.06. The van der Waals surface area contributed by atoms with Crippen LogP contribution in [0.5, 0.6) is 5.88 Å². The van der Waals surface area contributed by atoms with E-state index in [1.807, 2.05) is 0 Å². The summed E-state index contributed by atoms with van der Waals surface area (Å²) < 4.78 is 45.6. The van der Waals surface area contributed by atoms with Crippen molar-refractivity contribution in [2.45, 2.75) is 24.6 Å². The summed E-state index contributed by atoms with van der Waals surface area (Å²) in [6.45, 7) is 0. The highest BCUT2D eigenvalue weighted by Gasteiger charge is 2.65. The maximum Gasteiger partial charge on any atom is 0.412 e. The van der Waals surface area contributed by atoms with E-state index in [-0.39, 0.29) is 34.7 Å². The number of nitrogens with one attached hydrogen (secondary N) is 1. The highest BCUT2D eigenvalue weighted by atomic mass is 32.1. The number of H-pyrrole nitrogens is 1. The van der Waals surface area contributed by atoms with E-state index in [0.717, 1.165) is 10.9 Å². The monoisotopic (exact) mass is 290 g/mol. The summed E-state index contributed by atoms with van der Waals surface area (Å²) in [5.74, 6) is 0.174. The largest absolute Gasteiger partial charge is 0.479 e. The summed E-state index contributed by atoms with van der Waals surface area (Å²) in [7, 11) is 1.38. The molecule has 0 aromatic carbocycles. The molecule has 9 heteroatoms. The SMILES string of the molecule is COc1ncnc2c1[nH]c(=S)n2C1(C(F)(F)F)CC1. The predicted molar refractivity (Wildman–Crippen MR) is 62.5 cm³/mol. The third-order valence-electron chi connectivity index (χ3n) is 3.31. The van der Waals surface area contributed by atoms with Crippen molar-refractivity contribution in [3.63, 3.8) is 0 Å². The number of hydrogen-bond acceptors (Lipinski definition) is 4. The summed E-state index contributed by atoms with van der Waals surface area (Å²) in [6.07, 6.45) is -3.20. The lowest BCUT2D eigenvalue weighted by molar-refractivity contribution is -0.179. The van der Waals surface area contributed by atoms with Crippen molar-refractivity contribution in [2.75, 3.05) is 7.11 Å². The number of nitrogens with zero attached hydrogens (tertiary/aromatic N) is 3. The summed E-state index contributed by atoms with van der Waals surface area (Å²) in [4.78, 5) is 10.4. The van der Waals surface area contributed by atoms with Gasteiger partial charge >= 0.3 is 6.18 Å². The average molecular weight is 290 g/mol. The Kier molecular flexibility index (Phi) is 2.40. The zero-order valence-electron chi connectivity index (χ0n) is 9.78. The Morgan fingerprint density at radius 3 is 2.63 bits per heavy atom. The van der Waals surface area contributed by atoms with Crippen molar-refractivity contribution >= 4 is 23.4 Å². The van der Waals surface area contributed by atoms with Crippen LogP contribution in [0.3, 0.4) is 0 Å². The number of imidazole rings is 1. The molecule has 0 amide bonds. The van der Waals surface area contributed by atoms with E-state index < -0.39 is 11.7 Å². The van der Waals surface area contributed by atoms with Crippen molar-refractivity contribution in [3.8, 4) is 5.88 Å². The van der Waals surface area contributed by atoms with Crippen molar-refractivity contribution in [3.05, 3.63) is 11.1 Å². The highest BCUT2D eigenvalue weighted by molar-refractivity contribution is 7.71. The van der Waals surface area contributed by atoms with Gasteiger partial charge in [0.15, 0.2) is 10.4 Å². The van der Waals surface area contributed by atoms with E-state index in [1.165, 1.54) is 7.11 Å². The van der Waals surface area contributed by atoms with Crippen LogP contribution in [-0.4, -0.2) is 32.8 Å². The van der Waals surface area contributed by atoms with E-state index in [9.17, 15) is 13.2 Å². The first-order valence-electron chi connectivity index (χ1n) is 5.47. The number of fused-ring (bicyclic) bond motifs is 1. The third-order valence-corrected chi connectivity index (χ3v) is 3.60. The molecule has 0 spiro atoms. The van der Waals surface area contributed by atoms with Gasteiger partial charge < -0.3 is 9.72 Å². The van der Waals surface area contributed by atoms with Crippen molar-refractivity contribution in [2.24, 2.45) is 0 Å². The minimum atomic E-state index is -4.36. The van der Waals surface area contributed by atoms with Gasteiger partial charge in [0.05, 0.1) is 7.11 Å². The van der Waals surface area contributed by atoms with E-state index >= 15 is 0 Å². The van der Waals surface area contributed by atoms with Gasteiger partial charge in [-0.3, -0.25) is 4.57 Å². The van der Waals surface area contributed by atoms with Crippen LogP contribution in [0, 0.1) is 4.77 Å². The van der Waals surface area contributed by atoms with Gasteiger partial charge in [-0.05, 0) is 25.1 Å². The molecule has 0 unspecified atom stereocenters. The minimum Gasteiger partial charge on any atom is -0.479 e. The molecule has 1 N–H and O–H groups in total. The zero-order chi connectivity index (χ0) is 13.8. The fourth-order valence-electron chi connectivity index (χ4n) is 2.20. The summed E-state index contributed by atoms with van der Waals surface area (Å²) in [5.41, 5.74) is -1.54. The molecule has 1 aliphatic carbocycles. The summed E-state index contributed by atoms with van der Waals surface area (Å²) in [5, 5.41) is 0. The van der Waals surface area contributed by atoms with Crippen LogP contribution in [0.1, 0.15) is 12.8 Å². The van der Waals surface area contributed by atoms with Gasteiger partial charge in [-0.15, -0.1) is 0 Å². The maximum atomic E-state index is 13.2. The normalized spacial score (nSPS) is 17.7. The van der Waals surface area contributed by atoms with Gasteiger partial charge in [0, 0.05) is 0 Å². The molecule has 0 radical (unpaired) electrons. The van der Waals surface area contributed by atoms with Crippen LogP contribution in [0.25, 0.3) is 11.2 Å². The molecular weight excluding hydrogens is 281 g/mol. The molecule has 1 fully saturated rings. The van der Waals surface area contributed by atoms with E-state index in [2.05, 4.69) is 15.0 Å².